The van der Waals surface area contributed by atoms with Gasteiger partial charge in [-0.15, -0.1) is 23.1 Å². The van der Waals surface area contributed by atoms with Crippen LogP contribution in [0.15, 0.2) is 46.1 Å². The molecule has 0 spiro atoms. The van der Waals surface area contributed by atoms with E-state index in [1.165, 1.54) is 47.4 Å². The number of carbonyl (C=O) groups is 4. The van der Waals surface area contributed by atoms with Crippen molar-refractivity contribution < 1.29 is 42.6 Å². The number of carbonyl (C=O) groups excluding carboxylic acids is 4. The summed E-state index contributed by atoms with van der Waals surface area (Å²) in [6.07, 6.45) is 0. The molecule has 0 radical (unpaired) electrons. The molecule has 16 heteroatoms. The standard InChI is InChI=1S/C26H28FN5O8S2/c1-26(2,3)24(36)40-12-39-23(35)19-13(9-38-15-7-5-6-14(27)8-15)10-41-22-18(21(34)32(19)22)30-20(33)17(31-37-4)16-11-42-25(28)29-16/h5-8,11,18,22H,9-10,12H2,1-4H3,(H2,28,29)(H,30,33)/t18?,22-/m0/s1. The number of rotatable bonds is 10. The molecule has 2 aliphatic rings. The monoisotopic (exact) mass is 621 g/mol. The van der Waals surface area contributed by atoms with Crippen molar-refractivity contribution in [3.05, 3.63) is 52.4 Å². The molecule has 1 aromatic carbocycles. The first-order valence-electron chi connectivity index (χ1n) is 12.4. The fourth-order valence-electron chi connectivity index (χ4n) is 3.83. The highest BCUT2D eigenvalue weighted by Crippen LogP contribution is 2.41. The van der Waals surface area contributed by atoms with E-state index in [0.29, 0.717) is 5.57 Å². The molecule has 42 heavy (non-hydrogen) atoms. The fraction of sp³-hybridized carbons (Fsp3) is 0.385. The summed E-state index contributed by atoms with van der Waals surface area (Å²) in [5, 5.41) is 7.39. The van der Waals surface area contributed by atoms with Crippen molar-refractivity contribution in [1.29, 1.82) is 0 Å². The number of benzene rings is 1. The maximum Gasteiger partial charge on any atom is 0.358 e. The number of thiazole rings is 1. The summed E-state index contributed by atoms with van der Waals surface area (Å²) in [4.78, 5) is 61.7. The van der Waals surface area contributed by atoms with Gasteiger partial charge < -0.3 is 30.1 Å². The van der Waals surface area contributed by atoms with Crippen LogP contribution in [0.2, 0.25) is 0 Å². The zero-order valence-electron chi connectivity index (χ0n) is 23.0. The summed E-state index contributed by atoms with van der Waals surface area (Å²) in [6.45, 7) is 4.09. The number of fused-ring (bicyclic) bond motifs is 1. The lowest BCUT2D eigenvalue weighted by Crippen LogP contribution is -2.71. The number of aromatic nitrogens is 1. The molecule has 2 atom stereocenters. The topological polar surface area (TPSA) is 172 Å². The van der Waals surface area contributed by atoms with Crippen LogP contribution in [0.5, 0.6) is 5.75 Å². The Morgan fingerprint density at radius 3 is 2.67 bits per heavy atom. The molecule has 224 valence electrons. The van der Waals surface area contributed by atoms with Gasteiger partial charge in [-0.2, -0.15) is 0 Å². The quantitative estimate of drug-likeness (QED) is 0.131. The molecule has 4 rings (SSSR count). The largest absolute Gasteiger partial charge is 0.489 e. The van der Waals surface area contributed by atoms with Gasteiger partial charge in [-0.05, 0) is 32.9 Å². The van der Waals surface area contributed by atoms with Crippen LogP contribution in [0.4, 0.5) is 9.52 Å². The van der Waals surface area contributed by atoms with E-state index in [2.05, 4.69) is 15.5 Å². The summed E-state index contributed by atoms with van der Waals surface area (Å²) in [5.41, 5.74) is 5.10. The van der Waals surface area contributed by atoms with Crippen LogP contribution < -0.4 is 15.8 Å². The zero-order chi connectivity index (χ0) is 30.6. The van der Waals surface area contributed by atoms with Crippen molar-refractivity contribution in [2.45, 2.75) is 32.2 Å². The Labute approximate surface area is 248 Å². The van der Waals surface area contributed by atoms with Crippen LogP contribution in [-0.2, 0) is 33.5 Å². The molecule has 2 amide bonds. The second-order valence-electron chi connectivity index (χ2n) is 9.98. The van der Waals surface area contributed by atoms with Crippen molar-refractivity contribution in [3.63, 3.8) is 0 Å². The number of ether oxygens (including phenoxy) is 3. The number of thioether (sulfide) groups is 1. The Kier molecular flexibility index (Phi) is 9.36. The predicted octanol–water partition coefficient (Wildman–Crippen LogP) is 2.04. The third-order valence-corrected chi connectivity index (χ3v) is 7.90. The van der Waals surface area contributed by atoms with Gasteiger partial charge in [0.25, 0.3) is 11.8 Å². The van der Waals surface area contributed by atoms with Crippen molar-refractivity contribution in [2.75, 3.05) is 32.0 Å². The van der Waals surface area contributed by atoms with Gasteiger partial charge in [0.15, 0.2) is 10.8 Å². The summed E-state index contributed by atoms with van der Waals surface area (Å²) in [6, 6.07) is 4.43. The van der Waals surface area contributed by atoms with E-state index >= 15 is 0 Å². The minimum atomic E-state index is -1.02. The molecule has 0 saturated carbocycles. The number of oxime groups is 1. The number of amides is 2. The van der Waals surface area contributed by atoms with E-state index in [-0.39, 0.29) is 40.3 Å². The third-order valence-electron chi connectivity index (χ3n) is 5.89. The van der Waals surface area contributed by atoms with Gasteiger partial charge in [-0.3, -0.25) is 19.3 Å². The first kappa shape index (κ1) is 30.8. The number of nitrogens with one attached hydrogen (secondary N) is 1. The number of β-lactam (4-membered cyclic amide) rings is 1. The van der Waals surface area contributed by atoms with Gasteiger partial charge >= 0.3 is 11.9 Å². The third kappa shape index (κ3) is 6.82. The van der Waals surface area contributed by atoms with Crippen LogP contribution in [0.25, 0.3) is 0 Å². The van der Waals surface area contributed by atoms with Crippen LogP contribution in [0.1, 0.15) is 26.5 Å². The molecule has 1 saturated heterocycles. The number of nitrogen functional groups attached to an aromatic ring is 1. The number of anilines is 1. The van der Waals surface area contributed by atoms with Gasteiger partial charge in [0.1, 0.15) is 48.1 Å². The van der Waals surface area contributed by atoms with Gasteiger partial charge in [0.05, 0.1) is 5.41 Å². The SMILES string of the molecule is CON=C(C(=O)NC1C(=O)N2C(C(=O)OCOC(=O)C(C)(C)C)=C(COc3cccc(F)c3)CS[C@@H]12)c1csc(N)n1. The van der Waals surface area contributed by atoms with Gasteiger partial charge in [-0.1, -0.05) is 11.2 Å². The van der Waals surface area contributed by atoms with Crippen LogP contribution in [-0.4, -0.2) is 77.0 Å². The molecule has 2 aliphatic heterocycles. The molecule has 3 heterocycles. The number of hydrogen-bond acceptors (Lipinski definition) is 13. The minimum absolute atomic E-state index is 0.115. The summed E-state index contributed by atoms with van der Waals surface area (Å²) in [7, 11) is 1.26. The highest BCUT2D eigenvalue weighted by atomic mass is 32.2. The lowest BCUT2D eigenvalue weighted by molar-refractivity contribution is -0.173. The molecule has 0 bridgehead atoms. The smallest absolute Gasteiger partial charge is 0.358 e. The van der Waals surface area contributed by atoms with Crippen LogP contribution in [0.3, 0.4) is 0 Å². The van der Waals surface area contributed by atoms with Gasteiger partial charge in [0.2, 0.25) is 6.79 Å². The zero-order valence-corrected chi connectivity index (χ0v) is 24.7. The Balaban J connectivity index is 1.53. The van der Waals surface area contributed by atoms with Crippen molar-refractivity contribution in [1.82, 2.24) is 15.2 Å². The van der Waals surface area contributed by atoms with Crippen molar-refractivity contribution >= 4 is 57.7 Å². The van der Waals surface area contributed by atoms with Crippen molar-refractivity contribution in [3.8, 4) is 5.75 Å². The number of esters is 2. The Hall–Kier alpha value is -4.18. The maximum atomic E-state index is 13.6. The van der Waals surface area contributed by atoms with E-state index in [1.807, 2.05) is 0 Å². The number of hydrogen-bond donors (Lipinski definition) is 2. The fourth-order valence-corrected chi connectivity index (χ4v) is 5.71. The van der Waals surface area contributed by atoms with Gasteiger partial charge in [0, 0.05) is 22.8 Å². The van der Waals surface area contributed by atoms with E-state index in [4.69, 9.17) is 24.8 Å². The van der Waals surface area contributed by atoms with Crippen LogP contribution in [0, 0.1) is 11.2 Å². The number of nitrogens with zero attached hydrogens (tertiary/aromatic N) is 3. The summed E-state index contributed by atoms with van der Waals surface area (Å²) in [5.74, 6) is -2.93. The number of halogens is 1. The second kappa shape index (κ2) is 12.8. The Bertz CT molecular complexity index is 1450. The molecule has 13 nitrogen and oxygen atoms in total. The lowest BCUT2D eigenvalue weighted by atomic mass is 9.98. The van der Waals surface area contributed by atoms with E-state index in [9.17, 15) is 23.6 Å². The predicted molar refractivity (Wildman–Crippen MR) is 151 cm³/mol. The molecule has 0 aliphatic carbocycles. The lowest BCUT2D eigenvalue weighted by Gasteiger charge is -2.49. The summed E-state index contributed by atoms with van der Waals surface area (Å²) < 4.78 is 29.5. The average molecular weight is 622 g/mol. The molecule has 1 unspecified atom stereocenters. The number of nitrogens with two attached hydrogens (primary N) is 1. The molecule has 3 N–H and O–H groups in total. The highest BCUT2D eigenvalue weighted by Gasteiger charge is 2.55. The Morgan fingerprint density at radius 1 is 1.26 bits per heavy atom. The average Bonchev–Trinajstić information content (AvgIpc) is 3.37. The second-order valence-corrected chi connectivity index (χ2v) is 12.0. The first-order chi connectivity index (χ1) is 19.9. The molecular weight excluding hydrogens is 593 g/mol. The van der Waals surface area contributed by atoms with Crippen molar-refractivity contribution in [2.24, 2.45) is 10.6 Å². The highest BCUT2D eigenvalue weighted by molar-refractivity contribution is 8.00. The minimum Gasteiger partial charge on any atom is -0.489 e. The molecule has 2 aromatic rings. The van der Waals surface area contributed by atoms with E-state index in [1.54, 1.807) is 26.8 Å². The van der Waals surface area contributed by atoms with Gasteiger partial charge in [-0.25, -0.2) is 14.2 Å². The summed E-state index contributed by atoms with van der Waals surface area (Å²) >= 11 is 2.37. The Morgan fingerprint density at radius 2 is 2.02 bits per heavy atom. The normalized spacial score (nSPS) is 18.5. The molecule has 1 fully saturated rings. The van der Waals surface area contributed by atoms with E-state index < -0.39 is 53.2 Å². The van der Waals surface area contributed by atoms with Crippen LogP contribution >= 0.6 is 23.1 Å². The molecular formula is C26H28FN5O8S2. The first-order valence-corrected chi connectivity index (χ1v) is 14.4. The van der Waals surface area contributed by atoms with E-state index in [0.717, 1.165) is 11.3 Å². The maximum absolute atomic E-state index is 13.6. The molecule has 1 aromatic heterocycles.